The number of alkyl halides is 3. The van der Waals surface area contributed by atoms with Crippen LogP contribution in [0.3, 0.4) is 0 Å². The molecule has 0 bridgehead atoms. The minimum Gasteiger partial charge on any atom is -0.318 e. The number of halogens is 3. The number of rotatable bonds is 7. The zero-order valence-electron chi connectivity index (χ0n) is 13.7. The van der Waals surface area contributed by atoms with Crippen molar-refractivity contribution in [3.8, 4) is 0 Å². The van der Waals surface area contributed by atoms with Crippen LogP contribution in [0, 0.1) is 0 Å². The van der Waals surface area contributed by atoms with Crippen molar-refractivity contribution in [3.05, 3.63) is 36.4 Å². The maximum absolute atomic E-state index is 12.6. The van der Waals surface area contributed by atoms with Crippen molar-refractivity contribution in [3.63, 3.8) is 0 Å². The Morgan fingerprint density at radius 3 is 2.72 bits per heavy atom. The van der Waals surface area contributed by atoms with Crippen LogP contribution in [0.1, 0.15) is 10.5 Å². The lowest BCUT2D eigenvalue weighted by Gasteiger charge is -2.17. The summed E-state index contributed by atoms with van der Waals surface area (Å²) in [6, 6.07) is 3.51. The van der Waals surface area contributed by atoms with E-state index < -0.39 is 11.9 Å². The first-order chi connectivity index (χ1) is 11.8. The van der Waals surface area contributed by atoms with Crippen molar-refractivity contribution >= 4 is 35.1 Å². The number of thioether (sulfide) groups is 2. The minimum absolute atomic E-state index is 0.235. The second-order valence-electron chi connectivity index (χ2n) is 5.08. The molecular formula is C15H17F3N4OS2. The van der Waals surface area contributed by atoms with Crippen LogP contribution in [0.15, 0.2) is 35.9 Å². The van der Waals surface area contributed by atoms with Gasteiger partial charge in [0, 0.05) is 31.8 Å². The SMILES string of the molecule is CN(C(=O)c1cnc(SCCSCC(F)(F)F)n1C)c1cccnc1. The van der Waals surface area contributed by atoms with Gasteiger partial charge in [-0.1, -0.05) is 11.8 Å². The van der Waals surface area contributed by atoms with Gasteiger partial charge in [0.05, 0.1) is 23.8 Å². The highest BCUT2D eigenvalue weighted by Gasteiger charge is 2.26. The molecule has 2 rings (SSSR count). The summed E-state index contributed by atoms with van der Waals surface area (Å²) >= 11 is 2.16. The third kappa shape index (κ3) is 5.67. The molecule has 0 aliphatic rings. The van der Waals surface area contributed by atoms with Gasteiger partial charge in [0.25, 0.3) is 5.91 Å². The van der Waals surface area contributed by atoms with Gasteiger partial charge in [-0.25, -0.2) is 4.98 Å². The Hall–Kier alpha value is -1.68. The minimum atomic E-state index is -4.14. The van der Waals surface area contributed by atoms with E-state index in [0.717, 1.165) is 11.8 Å². The molecule has 0 radical (unpaired) electrons. The van der Waals surface area contributed by atoms with Gasteiger partial charge in [0.1, 0.15) is 5.69 Å². The predicted molar refractivity (Wildman–Crippen MR) is 94.3 cm³/mol. The Kier molecular flexibility index (Phi) is 6.77. The highest BCUT2D eigenvalue weighted by atomic mass is 32.2. The predicted octanol–water partition coefficient (Wildman–Crippen LogP) is 3.48. The monoisotopic (exact) mass is 390 g/mol. The average Bonchev–Trinajstić information content (AvgIpc) is 2.94. The molecule has 1 amide bonds. The van der Waals surface area contributed by atoms with E-state index >= 15 is 0 Å². The van der Waals surface area contributed by atoms with Crippen molar-refractivity contribution in [2.75, 3.05) is 29.2 Å². The lowest BCUT2D eigenvalue weighted by molar-refractivity contribution is -0.105. The number of anilines is 1. The fourth-order valence-corrected chi connectivity index (χ4v) is 3.73. The van der Waals surface area contributed by atoms with Gasteiger partial charge >= 0.3 is 6.18 Å². The first kappa shape index (κ1) is 19.6. The largest absolute Gasteiger partial charge is 0.397 e. The van der Waals surface area contributed by atoms with E-state index in [1.54, 1.807) is 43.2 Å². The summed E-state index contributed by atoms with van der Waals surface area (Å²) in [5, 5.41) is 0.593. The molecule has 10 heteroatoms. The van der Waals surface area contributed by atoms with Crippen molar-refractivity contribution in [1.29, 1.82) is 0 Å². The van der Waals surface area contributed by atoms with E-state index in [2.05, 4.69) is 9.97 Å². The van der Waals surface area contributed by atoms with Gasteiger partial charge in [-0.2, -0.15) is 24.9 Å². The van der Waals surface area contributed by atoms with E-state index in [0.29, 0.717) is 28.0 Å². The molecule has 0 saturated carbocycles. The molecule has 0 aliphatic carbocycles. The molecule has 0 fully saturated rings. The second-order valence-corrected chi connectivity index (χ2v) is 7.24. The molecule has 5 nitrogen and oxygen atoms in total. The molecular weight excluding hydrogens is 373 g/mol. The van der Waals surface area contributed by atoms with Crippen molar-refractivity contribution < 1.29 is 18.0 Å². The molecule has 25 heavy (non-hydrogen) atoms. The van der Waals surface area contributed by atoms with Gasteiger partial charge in [0.2, 0.25) is 0 Å². The summed E-state index contributed by atoms with van der Waals surface area (Å²) in [7, 11) is 3.36. The van der Waals surface area contributed by atoms with Crippen molar-refractivity contribution in [1.82, 2.24) is 14.5 Å². The molecule has 0 unspecified atom stereocenters. The summed E-state index contributed by atoms with van der Waals surface area (Å²) < 4.78 is 37.9. The van der Waals surface area contributed by atoms with E-state index in [-0.39, 0.29) is 5.91 Å². The maximum Gasteiger partial charge on any atom is 0.397 e. The van der Waals surface area contributed by atoms with Crippen LogP contribution in [-0.2, 0) is 7.05 Å². The number of aromatic nitrogens is 3. The first-order valence-corrected chi connectivity index (χ1v) is 9.40. The Morgan fingerprint density at radius 2 is 2.08 bits per heavy atom. The summed E-state index contributed by atoms with van der Waals surface area (Å²) in [6.45, 7) is 0. The third-order valence-corrected chi connectivity index (χ3v) is 5.56. The molecule has 0 spiro atoms. The highest BCUT2D eigenvalue weighted by Crippen LogP contribution is 2.24. The summed E-state index contributed by atoms with van der Waals surface area (Å²) in [5.74, 6) is -0.247. The number of nitrogens with zero attached hydrogens (tertiary/aromatic N) is 4. The molecule has 2 aromatic heterocycles. The summed E-state index contributed by atoms with van der Waals surface area (Å²) in [5.41, 5.74) is 1.06. The number of imidazole rings is 1. The van der Waals surface area contributed by atoms with Crippen LogP contribution in [-0.4, -0.2) is 50.9 Å². The van der Waals surface area contributed by atoms with Gasteiger partial charge < -0.3 is 9.47 Å². The Morgan fingerprint density at radius 1 is 1.32 bits per heavy atom. The number of carbonyl (C=O) groups is 1. The zero-order chi connectivity index (χ0) is 18.4. The standard InChI is InChI=1S/C15H17F3N4OS2/c1-21(11-4-3-5-19-8-11)13(23)12-9-20-14(22(12)2)25-7-6-24-10-15(16,17)18/h3-5,8-9H,6-7,10H2,1-2H3. The maximum atomic E-state index is 12.6. The van der Waals surface area contributed by atoms with E-state index in [1.165, 1.54) is 22.9 Å². The lowest BCUT2D eigenvalue weighted by Crippen LogP contribution is -2.28. The van der Waals surface area contributed by atoms with Crippen molar-refractivity contribution in [2.45, 2.75) is 11.3 Å². The average molecular weight is 390 g/mol. The Balaban J connectivity index is 1.93. The number of pyridine rings is 1. The second kappa shape index (κ2) is 8.61. The first-order valence-electron chi connectivity index (χ1n) is 7.26. The molecule has 0 N–H and O–H groups in total. The molecule has 136 valence electrons. The summed E-state index contributed by atoms with van der Waals surface area (Å²) in [6.07, 6.45) is 0.536. The number of carbonyl (C=O) groups excluding carboxylic acids is 1. The van der Waals surface area contributed by atoms with Gasteiger partial charge in [-0.3, -0.25) is 9.78 Å². The fourth-order valence-electron chi connectivity index (χ4n) is 1.95. The number of amides is 1. The van der Waals surface area contributed by atoms with Crippen LogP contribution in [0.5, 0.6) is 0 Å². The number of hydrogen-bond donors (Lipinski definition) is 0. The van der Waals surface area contributed by atoms with Gasteiger partial charge in [-0.05, 0) is 12.1 Å². The Bertz CT molecular complexity index is 707. The number of hydrogen-bond acceptors (Lipinski definition) is 5. The van der Waals surface area contributed by atoms with Crippen LogP contribution < -0.4 is 4.90 Å². The van der Waals surface area contributed by atoms with Crippen LogP contribution in [0.4, 0.5) is 18.9 Å². The third-order valence-electron chi connectivity index (χ3n) is 3.23. The molecule has 0 atom stereocenters. The molecule has 0 saturated heterocycles. The van der Waals surface area contributed by atoms with E-state index in [9.17, 15) is 18.0 Å². The smallest absolute Gasteiger partial charge is 0.318 e. The van der Waals surface area contributed by atoms with Crippen LogP contribution in [0.25, 0.3) is 0 Å². The fraction of sp³-hybridized carbons (Fsp3) is 0.400. The van der Waals surface area contributed by atoms with Gasteiger partial charge in [-0.15, -0.1) is 0 Å². The van der Waals surface area contributed by atoms with E-state index in [1.807, 2.05) is 0 Å². The molecule has 0 aliphatic heterocycles. The van der Waals surface area contributed by atoms with Crippen LogP contribution >= 0.6 is 23.5 Å². The quantitative estimate of drug-likeness (QED) is 0.535. The highest BCUT2D eigenvalue weighted by molar-refractivity contribution is 8.02. The molecule has 2 aromatic rings. The lowest BCUT2D eigenvalue weighted by atomic mass is 10.3. The van der Waals surface area contributed by atoms with Gasteiger partial charge in [0.15, 0.2) is 5.16 Å². The van der Waals surface area contributed by atoms with E-state index in [4.69, 9.17) is 0 Å². The zero-order valence-corrected chi connectivity index (χ0v) is 15.3. The topological polar surface area (TPSA) is 51.0 Å². The molecule has 2 heterocycles. The summed E-state index contributed by atoms with van der Waals surface area (Å²) in [4.78, 5) is 22.2. The molecule has 0 aromatic carbocycles. The van der Waals surface area contributed by atoms with Crippen molar-refractivity contribution in [2.24, 2.45) is 7.05 Å². The van der Waals surface area contributed by atoms with Crippen LogP contribution in [0.2, 0.25) is 0 Å². The normalized spacial score (nSPS) is 11.6. The Labute approximate surface area is 152 Å².